The van der Waals surface area contributed by atoms with Gasteiger partial charge in [-0.2, -0.15) is 0 Å². The number of hydrogen-bond donors (Lipinski definition) is 1. The van der Waals surface area contributed by atoms with Gasteiger partial charge in [-0.1, -0.05) is 43.7 Å². The monoisotopic (exact) mass is 325 g/mol. The van der Waals surface area contributed by atoms with E-state index in [-0.39, 0.29) is 5.91 Å². The minimum absolute atomic E-state index is 0.105. The molecule has 0 fully saturated rings. The maximum atomic E-state index is 12.6. The molecule has 128 valence electrons. The van der Waals surface area contributed by atoms with E-state index in [0.29, 0.717) is 6.42 Å². The molecule has 0 spiro atoms. The molecular weight excluding hydrogens is 298 g/mol. The number of anilines is 1. The van der Waals surface area contributed by atoms with E-state index >= 15 is 0 Å². The Kier molecular flexibility index (Phi) is 6.02. The molecule has 0 aromatic heterocycles. The minimum atomic E-state index is -0.502. The van der Waals surface area contributed by atoms with Crippen molar-refractivity contribution in [2.45, 2.75) is 53.6 Å². The predicted molar refractivity (Wildman–Crippen MR) is 99.8 cm³/mol. The SMILES string of the molecule is CCc1ccc(O[C@@H](CC)C(=O)Nc2c(C)cc(C)cc2C)cc1. The summed E-state index contributed by atoms with van der Waals surface area (Å²) in [6.45, 7) is 10.2. The first-order chi connectivity index (χ1) is 11.4. The van der Waals surface area contributed by atoms with E-state index in [0.717, 1.165) is 29.0 Å². The fourth-order valence-electron chi connectivity index (χ4n) is 2.87. The van der Waals surface area contributed by atoms with Crippen LogP contribution in [0.15, 0.2) is 36.4 Å². The first-order valence-electron chi connectivity index (χ1n) is 8.58. The molecule has 3 nitrogen and oxygen atoms in total. The predicted octanol–water partition coefficient (Wildman–Crippen LogP) is 4.97. The zero-order valence-electron chi connectivity index (χ0n) is 15.3. The molecule has 0 radical (unpaired) electrons. The Balaban J connectivity index is 2.11. The molecule has 3 heteroatoms. The van der Waals surface area contributed by atoms with E-state index in [4.69, 9.17) is 4.74 Å². The molecule has 0 saturated heterocycles. The lowest BCUT2D eigenvalue weighted by Gasteiger charge is -2.19. The van der Waals surface area contributed by atoms with Crippen LogP contribution in [-0.4, -0.2) is 12.0 Å². The summed E-state index contributed by atoms with van der Waals surface area (Å²) in [5.74, 6) is 0.624. The van der Waals surface area contributed by atoms with Crippen LogP contribution < -0.4 is 10.1 Å². The zero-order valence-corrected chi connectivity index (χ0v) is 15.3. The fraction of sp³-hybridized carbons (Fsp3) is 0.381. The van der Waals surface area contributed by atoms with Gasteiger partial charge in [0.2, 0.25) is 0 Å². The highest BCUT2D eigenvalue weighted by Crippen LogP contribution is 2.23. The fourth-order valence-corrected chi connectivity index (χ4v) is 2.87. The second-order valence-corrected chi connectivity index (χ2v) is 6.28. The summed E-state index contributed by atoms with van der Waals surface area (Å²) in [4.78, 5) is 12.6. The van der Waals surface area contributed by atoms with Crippen LogP contribution in [0.1, 0.15) is 42.5 Å². The highest BCUT2D eigenvalue weighted by atomic mass is 16.5. The average Bonchev–Trinajstić information content (AvgIpc) is 2.56. The topological polar surface area (TPSA) is 38.3 Å². The third kappa shape index (κ3) is 4.38. The van der Waals surface area contributed by atoms with E-state index in [1.165, 1.54) is 11.1 Å². The highest BCUT2D eigenvalue weighted by molar-refractivity contribution is 5.95. The molecule has 1 N–H and O–H groups in total. The van der Waals surface area contributed by atoms with Crippen LogP contribution >= 0.6 is 0 Å². The van der Waals surface area contributed by atoms with Crippen LogP contribution in [-0.2, 0) is 11.2 Å². The van der Waals surface area contributed by atoms with Gasteiger partial charge in [-0.3, -0.25) is 4.79 Å². The van der Waals surface area contributed by atoms with Crippen LogP contribution in [0.4, 0.5) is 5.69 Å². The lowest BCUT2D eigenvalue weighted by atomic mass is 10.0. The van der Waals surface area contributed by atoms with Crippen LogP contribution in [0.2, 0.25) is 0 Å². The van der Waals surface area contributed by atoms with Crippen LogP contribution in [0.3, 0.4) is 0 Å². The van der Waals surface area contributed by atoms with Crippen molar-refractivity contribution in [3.63, 3.8) is 0 Å². The summed E-state index contributed by atoms with van der Waals surface area (Å²) in [6.07, 6.45) is 1.10. The molecule has 24 heavy (non-hydrogen) atoms. The number of carbonyl (C=O) groups is 1. The minimum Gasteiger partial charge on any atom is -0.481 e. The van der Waals surface area contributed by atoms with Crippen molar-refractivity contribution < 1.29 is 9.53 Å². The second-order valence-electron chi connectivity index (χ2n) is 6.28. The van der Waals surface area contributed by atoms with E-state index < -0.39 is 6.10 Å². The Morgan fingerprint density at radius 3 is 2.12 bits per heavy atom. The molecule has 0 bridgehead atoms. The summed E-state index contributed by atoms with van der Waals surface area (Å²) in [5, 5.41) is 3.04. The molecule has 1 atom stereocenters. The lowest BCUT2D eigenvalue weighted by Crippen LogP contribution is -2.32. The number of ether oxygens (including phenoxy) is 1. The molecular formula is C21H27NO2. The lowest BCUT2D eigenvalue weighted by molar-refractivity contribution is -0.122. The Labute approximate surface area is 145 Å². The van der Waals surface area contributed by atoms with Gasteiger partial charge in [-0.15, -0.1) is 0 Å². The van der Waals surface area contributed by atoms with Crippen LogP contribution in [0.25, 0.3) is 0 Å². The highest BCUT2D eigenvalue weighted by Gasteiger charge is 2.20. The quantitative estimate of drug-likeness (QED) is 0.814. The molecule has 0 saturated carbocycles. The maximum Gasteiger partial charge on any atom is 0.265 e. The number of hydrogen-bond acceptors (Lipinski definition) is 2. The normalized spacial score (nSPS) is 11.9. The molecule has 2 aromatic carbocycles. The Bertz CT molecular complexity index is 681. The number of carbonyl (C=O) groups excluding carboxylic acids is 1. The summed E-state index contributed by atoms with van der Waals surface area (Å²) in [6, 6.07) is 12.1. The Morgan fingerprint density at radius 1 is 1.04 bits per heavy atom. The molecule has 2 aromatic rings. The summed E-state index contributed by atoms with van der Waals surface area (Å²) in [5.41, 5.74) is 5.48. The van der Waals surface area contributed by atoms with Crippen molar-refractivity contribution in [1.29, 1.82) is 0 Å². The second kappa shape index (κ2) is 8.00. The average molecular weight is 325 g/mol. The van der Waals surface area contributed by atoms with Crippen molar-refractivity contribution in [3.05, 3.63) is 58.7 Å². The van der Waals surface area contributed by atoms with Gasteiger partial charge in [0, 0.05) is 5.69 Å². The van der Waals surface area contributed by atoms with E-state index in [9.17, 15) is 4.79 Å². The van der Waals surface area contributed by atoms with Crippen molar-refractivity contribution in [1.82, 2.24) is 0 Å². The molecule has 2 rings (SSSR count). The standard InChI is InChI=1S/C21H27NO2/c1-6-17-8-10-18(11-9-17)24-19(7-2)21(23)22-20-15(4)12-14(3)13-16(20)5/h8-13,19H,6-7H2,1-5H3,(H,22,23)/t19-/m0/s1. The van der Waals surface area contributed by atoms with Gasteiger partial charge in [0.05, 0.1) is 0 Å². The molecule has 0 aliphatic rings. The van der Waals surface area contributed by atoms with Gasteiger partial charge >= 0.3 is 0 Å². The van der Waals surface area contributed by atoms with Crippen LogP contribution in [0, 0.1) is 20.8 Å². The van der Waals surface area contributed by atoms with Crippen LogP contribution in [0.5, 0.6) is 5.75 Å². The zero-order chi connectivity index (χ0) is 17.7. The smallest absolute Gasteiger partial charge is 0.265 e. The first kappa shape index (κ1) is 18.1. The van der Waals surface area contributed by atoms with E-state index in [1.54, 1.807) is 0 Å². The molecule has 0 aliphatic carbocycles. The van der Waals surface area contributed by atoms with Gasteiger partial charge < -0.3 is 10.1 Å². The number of rotatable bonds is 6. The van der Waals surface area contributed by atoms with Gasteiger partial charge in [0.1, 0.15) is 5.75 Å². The molecule has 0 heterocycles. The largest absolute Gasteiger partial charge is 0.481 e. The molecule has 0 unspecified atom stereocenters. The van der Waals surface area contributed by atoms with E-state index in [2.05, 4.69) is 31.3 Å². The van der Waals surface area contributed by atoms with Gasteiger partial charge in [0.15, 0.2) is 6.10 Å². The number of amides is 1. The first-order valence-corrected chi connectivity index (χ1v) is 8.58. The Hall–Kier alpha value is -2.29. The Morgan fingerprint density at radius 2 is 1.62 bits per heavy atom. The third-order valence-corrected chi connectivity index (χ3v) is 4.20. The summed E-state index contributed by atoms with van der Waals surface area (Å²) in [7, 11) is 0. The van der Waals surface area contributed by atoms with Crippen molar-refractivity contribution >= 4 is 11.6 Å². The van der Waals surface area contributed by atoms with Gasteiger partial charge in [-0.25, -0.2) is 0 Å². The summed E-state index contributed by atoms with van der Waals surface area (Å²) < 4.78 is 5.89. The summed E-state index contributed by atoms with van der Waals surface area (Å²) >= 11 is 0. The number of benzene rings is 2. The number of nitrogens with one attached hydrogen (secondary N) is 1. The van der Waals surface area contributed by atoms with Crippen molar-refractivity contribution in [2.75, 3.05) is 5.32 Å². The van der Waals surface area contributed by atoms with Gasteiger partial charge in [0.25, 0.3) is 5.91 Å². The van der Waals surface area contributed by atoms with E-state index in [1.807, 2.05) is 45.0 Å². The van der Waals surface area contributed by atoms with Crippen molar-refractivity contribution in [3.8, 4) is 5.75 Å². The molecule has 1 amide bonds. The van der Waals surface area contributed by atoms with Gasteiger partial charge in [-0.05, 0) is 62.4 Å². The molecule has 0 aliphatic heterocycles. The third-order valence-electron chi connectivity index (χ3n) is 4.20. The van der Waals surface area contributed by atoms with Crippen molar-refractivity contribution in [2.24, 2.45) is 0 Å². The number of aryl methyl sites for hydroxylation is 4. The maximum absolute atomic E-state index is 12.6.